The summed E-state index contributed by atoms with van der Waals surface area (Å²) in [5, 5.41) is 9.02. The summed E-state index contributed by atoms with van der Waals surface area (Å²) in [6, 6.07) is 2.28. The lowest BCUT2D eigenvalue weighted by atomic mass is 10.3. The molecule has 0 spiro atoms. The molecule has 14 heavy (non-hydrogen) atoms. The summed E-state index contributed by atoms with van der Waals surface area (Å²) in [5.41, 5.74) is 1.79. The zero-order valence-corrected chi connectivity index (χ0v) is 8.82. The van der Waals surface area contributed by atoms with Gasteiger partial charge in [-0.3, -0.25) is 0 Å². The van der Waals surface area contributed by atoms with E-state index in [-0.39, 0.29) is 6.10 Å². The third-order valence-electron chi connectivity index (χ3n) is 1.73. The van der Waals surface area contributed by atoms with E-state index in [2.05, 4.69) is 9.97 Å². The first-order valence-corrected chi connectivity index (χ1v) is 4.71. The molecule has 0 aromatic carbocycles. The van der Waals surface area contributed by atoms with Crippen LogP contribution in [-0.4, -0.2) is 27.8 Å². The number of hydrogen-bond acceptors (Lipinski definition) is 4. The van der Waals surface area contributed by atoms with Crippen LogP contribution in [0.15, 0.2) is 6.07 Å². The summed E-state index contributed by atoms with van der Waals surface area (Å²) in [4.78, 5) is 8.23. The highest BCUT2D eigenvalue weighted by Crippen LogP contribution is 2.06. The van der Waals surface area contributed by atoms with Crippen molar-refractivity contribution < 1.29 is 9.84 Å². The van der Waals surface area contributed by atoms with Gasteiger partial charge in [0.1, 0.15) is 0 Å². The topological polar surface area (TPSA) is 55.2 Å². The predicted octanol–water partition coefficient (Wildman–Crippen LogP) is 1.24. The van der Waals surface area contributed by atoms with Crippen molar-refractivity contribution in [3.63, 3.8) is 0 Å². The SMILES string of the molecule is Cc1cc(C)nc(OCC[C@H](C)O)n1. The lowest BCUT2D eigenvalue weighted by Gasteiger charge is -2.06. The first-order valence-electron chi connectivity index (χ1n) is 4.71. The van der Waals surface area contributed by atoms with Crippen LogP contribution < -0.4 is 4.74 Å². The van der Waals surface area contributed by atoms with E-state index in [9.17, 15) is 0 Å². The molecule has 0 unspecified atom stereocenters. The molecule has 0 aliphatic heterocycles. The maximum absolute atomic E-state index is 9.02. The van der Waals surface area contributed by atoms with Gasteiger partial charge in [0, 0.05) is 17.8 Å². The zero-order chi connectivity index (χ0) is 10.6. The number of aliphatic hydroxyl groups excluding tert-OH is 1. The van der Waals surface area contributed by atoms with Crippen LogP contribution in [-0.2, 0) is 0 Å². The third-order valence-corrected chi connectivity index (χ3v) is 1.73. The molecular weight excluding hydrogens is 180 g/mol. The molecule has 0 aliphatic carbocycles. The van der Waals surface area contributed by atoms with Crippen molar-refractivity contribution in [2.24, 2.45) is 0 Å². The van der Waals surface area contributed by atoms with Gasteiger partial charge >= 0.3 is 6.01 Å². The number of nitrogens with zero attached hydrogens (tertiary/aromatic N) is 2. The minimum Gasteiger partial charge on any atom is -0.463 e. The van der Waals surface area contributed by atoms with E-state index < -0.39 is 0 Å². The minimum absolute atomic E-state index is 0.346. The molecule has 1 atom stereocenters. The summed E-state index contributed by atoms with van der Waals surface area (Å²) >= 11 is 0. The fourth-order valence-corrected chi connectivity index (χ4v) is 1.08. The smallest absolute Gasteiger partial charge is 0.316 e. The first kappa shape index (κ1) is 10.9. The van der Waals surface area contributed by atoms with Crippen molar-refractivity contribution in [1.29, 1.82) is 0 Å². The van der Waals surface area contributed by atoms with Crippen molar-refractivity contribution in [2.45, 2.75) is 33.3 Å². The van der Waals surface area contributed by atoms with Crippen LogP contribution >= 0.6 is 0 Å². The minimum atomic E-state index is -0.346. The molecule has 0 fully saturated rings. The van der Waals surface area contributed by atoms with Crippen LogP contribution in [0.4, 0.5) is 0 Å². The number of aromatic nitrogens is 2. The van der Waals surface area contributed by atoms with Crippen LogP contribution in [0.5, 0.6) is 6.01 Å². The second-order valence-corrected chi connectivity index (χ2v) is 3.42. The molecule has 4 heteroatoms. The van der Waals surface area contributed by atoms with E-state index in [4.69, 9.17) is 9.84 Å². The number of ether oxygens (including phenoxy) is 1. The Hall–Kier alpha value is -1.16. The van der Waals surface area contributed by atoms with Crippen molar-refractivity contribution in [1.82, 2.24) is 9.97 Å². The molecule has 1 aromatic rings. The van der Waals surface area contributed by atoms with Gasteiger partial charge in [0.25, 0.3) is 0 Å². The molecule has 1 aromatic heterocycles. The largest absolute Gasteiger partial charge is 0.463 e. The summed E-state index contributed by atoms with van der Waals surface area (Å²) in [5.74, 6) is 0. The highest BCUT2D eigenvalue weighted by molar-refractivity contribution is 5.10. The molecule has 1 rings (SSSR count). The van der Waals surface area contributed by atoms with Crippen molar-refractivity contribution in [3.8, 4) is 6.01 Å². The summed E-state index contributed by atoms with van der Waals surface area (Å²) in [7, 11) is 0. The first-order chi connectivity index (χ1) is 6.58. The van der Waals surface area contributed by atoms with Gasteiger partial charge in [0.05, 0.1) is 12.7 Å². The van der Waals surface area contributed by atoms with Crippen LogP contribution in [0.25, 0.3) is 0 Å². The average Bonchev–Trinajstić information content (AvgIpc) is 2.01. The van der Waals surface area contributed by atoms with E-state index in [0.29, 0.717) is 19.0 Å². The molecule has 0 bridgehead atoms. The Morgan fingerprint density at radius 2 is 1.93 bits per heavy atom. The molecule has 0 saturated heterocycles. The Morgan fingerprint density at radius 3 is 2.43 bits per heavy atom. The van der Waals surface area contributed by atoms with Crippen molar-refractivity contribution >= 4 is 0 Å². The molecule has 0 saturated carbocycles. The van der Waals surface area contributed by atoms with Crippen LogP contribution in [0, 0.1) is 13.8 Å². The molecule has 4 nitrogen and oxygen atoms in total. The molecule has 0 amide bonds. The van der Waals surface area contributed by atoms with E-state index in [0.717, 1.165) is 11.4 Å². The van der Waals surface area contributed by atoms with E-state index in [1.54, 1.807) is 6.92 Å². The third kappa shape index (κ3) is 3.70. The quantitative estimate of drug-likeness (QED) is 0.787. The molecule has 0 radical (unpaired) electrons. The van der Waals surface area contributed by atoms with Crippen LogP contribution in [0.3, 0.4) is 0 Å². The predicted molar refractivity (Wildman–Crippen MR) is 53.3 cm³/mol. The Kier molecular flexibility index (Phi) is 3.83. The van der Waals surface area contributed by atoms with Gasteiger partial charge in [-0.1, -0.05) is 0 Å². The molecule has 78 valence electrons. The monoisotopic (exact) mass is 196 g/mol. The number of aliphatic hydroxyl groups is 1. The maximum atomic E-state index is 9.02. The lowest BCUT2D eigenvalue weighted by Crippen LogP contribution is -2.09. The Balaban J connectivity index is 2.50. The Bertz CT molecular complexity index is 280. The van der Waals surface area contributed by atoms with Gasteiger partial charge in [-0.25, -0.2) is 9.97 Å². The summed E-state index contributed by atoms with van der Waals surface area (Å²) in [6.45, 7) is 5.97. The van der Waals surface area contributed by atoms with Crippen molar-refractivity contribution in [3.05, 3.63) is 17.5 Å². The van der Waals surface area contributed by atoms with Gasteiger partial charge in [0.2, 0.25) is 0 Å². The van der Waals surface area contributed by atoms with E-state index >= 15 is 0 Å². The van der Waals surface area contributed by atoms with Crippen molar-refractivity contribution in [2.75, 3.05) is 6.61 Å². The van der Waals surface area contributed by atoms with Crippen LogP contribution in [0.2, 0.25) is 0 Å². The highest BCUT2D eigenvalue weighted by Gasteiger charge is 2.01. The van der Waals surface area contributed by atoms with E-state index in [1.165, 1.54) is 0 Å². The molecule has 0 aliphatic rings. The second-order valence-electron chi connectivity index (χ2n) is 3.42. The lowest BCUT2D eigenvalue weighted by molar-refractivity contribution is 0.151. The van der Waals surface area contributed by atoms with Gasteiger partial charge < -0.3 is 9.84 Å². The summed E-state index contributed by atoms with van der Waals surface area (Å²) < 4.78 is 5.30. The fraction of sp³-hybridized carbons (Fsp3) is 0.600. The molecular formula is C10H16N2O2. The molecule has 1 heterocycles. The fourth-order valence-electron chi connectivity index (χ4n) is 1.08. The highest BCUT2D eigenvalue weighted by atomic mass is 16.5. The van der Waals surface area contributed by atoms with Gasteiger partial charge in [0.15, 0.2) is 0 Å². The normalized spacial score (nSPS) is 12.6. The van der Waals surface area contributed by atoms with Gasteiger partial charge in [-0.15, -0.1) is 0 Å². The standard InChI is InChI=1S/C10H16N2O2/c1-7-6-8(2)12-10(11-7)14-5-4-9(3)13/h6,9,13H,4-5H2,1-3H3/t9-/m0/s1. The van der Waals surface area contributed by atoms with Crippen LogP contribution in [0.1, 0.15) is 24.7 Å². The maximum Gasteiger partial charge on any atom is 0.316 e. The van der Waals surface area contributed by atoms with Gasteiger partial charge in [-0.2, -0.15) is 0 Å². The van der Waals surface area contributed by atoms with E-state index in [1.807, 2.05) is 19.9 Å². The number of hydrogen-bond donors (Lipinski definition) is 1. The Labute approximate surface area is 84.0 Å². The number of aryl methyl sites for hydroxylation is 2. The zero-order valence-electron chi connectivity index (χ0n) is 8.82. The average molecular weight is 196 g/mol. The Morgan fingerprint density at radius 1 is 1.36 bits per heavy atom. The number of rotatable bonds is 4. The second kappa shape index (κ2) is 4.91. The van der Waals surface area contributed by atoms with Gasteiger partial charge in [-0.05, 0) is 26.8 Å². The summed E-state index contributed by atoms with van der Waals surface area (Å²) in [6.07, 6.45) is 0.247. The molecule has 1 N–H and O–H groups in total.